The van der Waals surface area contributed by atoms with Crippen LogP contribution in [0.1, 0.15) is 18.6 Å². The Bertz CT molecular complexity index is 436. The topological polar surface area (TPSA) is 74.9 Å². The maximum atomic E-state index is 9.81. The van der Waals surface area contributed by atoms with E-state index in [4.69, 9.17) is 5.73 Å². The molecule has 74 valence electrons. The third-order valence-corrected chi connectivity index (χ3v) is 2.30. The number of fused-ring (bicyclic) bond motifs is 1. The maximum absolute atomic E-state index is 9.81. The van der Waals surface area contributed by atoms with E-state index in [0.717, 1.165) is 16.6 Å². The zero-order valence-electron chi connectivity index (χ0n) is 7.94. The molecule has 2 atom stereocenters. The molecule has 2 unspecified atom stereocenters. The highest BCUT2D eigenvalue weighted by Gasteiger charge is 2.16. The molecule has 0 bridgehead atoms. The maximum Gasteiger partial charge on any atom is 0.137 e. The summed E-state index contributed by atoms with van der Waals surface area (Å²) in [7, 11) is 0. The quantitative estimate of drug-likeness (QED) is 0.661. The molecule has 0 amide bonds. The summed E-state index contributed by atoms with van der Waals surface area (Å²) in [5.74, 6) is 0. The number of aromatic amines is 1. The van der Waals surface area contributed by atoms with E-state index < -0.39 is 6.10 Å². The minimum atomic E-state index is -0.645. The number of pyridine rings is 1. The summed E-state index contributed by atoms with van der Waals surface area (Å²) in [5.41, 5.74) is 7.22. The highest BCUT2D eigenvalue weighted by atomic mass is 16.3. The van der Waals surface area contributed by atoms with E-state index in [2.05, 4.69) is 9.97 Å². The molecular weight excluding hydrogens is 178 g/mol. The number of aliphatic hydroxyl groups excluding tert-OH is 1. The van der Waals surface area contributed by atoms with Gasteiger partial charge in [0.25, 0.3) is 0 Å². The molecule has 2 aromatic heterocycles. The van der Waals surface area contributed by atoms with E-state index in [1.165, 1.54) is 0 Å². The van der Waals surface area contributed by atoms with Crippen molar-refractivity contribution < 1.29 is 5.11 Å². The summed E-state index contributed by atoms with van der Waals surface area (Å²) in [6, 6.07) is 3.47. The number of nitrogens with two attached hydrogens (primary N) is 1. The monoisotopic (exact) mass is 191 g/mol. The van der Waals surface area contributed by atoms with Gasteiger partial charge in [-0.3, -0.25) is 0 Å². The Kier molecular flexibility index (Phi) is 2.23. The van der Waals surface area contributed by atoms with Gasteiger partial charge in [0.2, 0.25) is 0 Å². The average molecular weight is 191 g/mol. The Morgan fingerprint density at radius 3 is 3.07 bits per heavy atom. The fourth-order valence-corrected chi connectivity index (χ4v) is 1.51. The molecule has 0 saturated heterocycles. The van der Waals surface area contributed by atoms with E-state index in [1.54, 1.807) is 19.3 Å². The van der Waals surface area contributed by atoms with E-state index in [-0.39, 0.29) is 6.04 Å². The van der Waals surface area contributed by atoms with Crippen molar-refractivity contribution in [3.63, 3.8) is 0 Å². The molecule has 0 aliphatic carbocycles. The Balaban J connectivity index is 2.53. The first-order chi connectivity index (χ1) is 6.70. The van der Waals surface area contributed by atoms with Crippen LogP contribution in [0, 0.1) is 0 Å². The highest BCUT2D eigenvalue weighted by molar-refractivity contribution is 5.79. The van der Waals surface area contributed by atoms with E-state index in [9.17, 15) is 5.11 Å². The third kappa shape index (κ3) is 1.38. The number of hydrogen-bond acceptors (Lipinski definition) is 3. The van der Waals surface area contributed by atoms with Gasteiger partial charge in [-0.25, -0.2) is 4.98 Å². The Morgan fingerprint density at radius 1 is 1.57 bits per heavy atom. The highest BCUT2D eigenvalue weighted by Crippen LogP contribution is 2.23. The summed E-state index contributed by atoms with van der Waals surface area (Å²) < 4.78 is 0. The van der Waals surface area contributed by atoms with Gasteiger partial charge in [-0.05, 0) is 19.1 Å². The molecule has 0 aliphatic heterocycles. The van der Waals surface area contributed by atoms with Crippen molar-refractivity contribution in [2.24, 2.45) is 5.73 Å². The van der Waals surface area contributed by atoms with Crippen LogP contribution < -0.4 is 5.73 Å². The van der Waals surface area contributed by atoms with Crippen molar-refractivity contribution in [3.8, 4) is 0 Å². The van der Waals surface area contributed by atoms with Gasteiger partial charge in [-0.2, -0.15) is 0 Å². The largest absolute Gasteiger partial charge is 0.387 e. The molecule has 4 N–H and O–H groups in total. The molecule has 2 heterocycles. The number of H-pyrrole nitrogens is 1. The lowest BCUT2D eigenvalue weighted by Gasteiger charge is -2.12. The average Bonchev–Trinajstić information content (AvgIpc) is 2.60. The summed E-state index contributed by atoms with van der Waals surface area (Å²) in [6.45, 7) is 1.78. The van der Waals surface area contributed by atoms with Crippen molar-refractivity contribution in [1.82, 2.24) is 9.97 Å². The summed E-state index contributed by atoms with van der Waals surface area (Å²) in [4.78, 5) is 7.13. The second kappa shape index (κ2) is 3.40. The predicted molar refractivity (Wildman–Crippen MR) is 54.7 cm³/mol. The Labute approximate surface area is 81.8 Å². The molecule has 0 radical (unpaired) electrons. The van der Waals surface area contributed by atoms with Gasteiger partial charge in [0.05, 0.1) is 6.10 Å². The van der Waals surface area contributed by atoms with Crippen molar-refractivity contribution in [2.75, 3.05) is 0 Å². The lowest BCUT2D eigenvalue weighted by Crippen LogP contribution is -2.24. The molecule has 4 heteroatoms. The van der Waals surface area contributed by atoms with Gasteiger partial charge < -0.3 is 15.8 Å². The van der Waals surface area contributed by atoms with Gasteiger partial charge in [-0.15, -0.1) is 0 Å². The molecule has 2 rings (SSSR count). The zero-order valence-corrected chi connectivity index (χ0v) is 7.94. The van der Waals surface area contributed by atoms with Crippen LogP contribution in [0.25, 0.3) is 11.0 Å². The summed E-state index contributed by atoms with van der Waals surface area (Å²) in [5, 5.41) is 10.7. The Morgan fingerprint density at radius 2 is 2.36 bits per heavy atom. The smallest absolute Gasteiger partial charge is 0.137 e. The molecule has 0 spiro atoms. The number of aliphatic hydroxyl groups is 1. The molecule has 0 fully saturated rings. The van der Waals surface area contributed by atoms with Crippen LogP contribution >= 0.6 is 0 Å². The van der Waals surface area contributed by atoms with Gasteiger partial charge in [0.1, 0.15) is 5.65 Å². The standard InChI is InChI=1S/C10H13N3O/c1-6(11)9(14)8-5-13-10-7(8)3-2-4-12-10/h2-6,9,14H,11H2,1H3,(H,12,13). The minimum Gasteiger partial charge on any atom is -0.387 e. The van der Waals surface area contributed by atoms with Crippen LogP contribution in [0.5, 0.6) is 0 Å². The van der Waals surface area contributed by atoms with E-state index in [0.29, 0.717) is 0 Å². The van der Waals surface area contributed by atoms with Crippen molar-refractivity contribution in [3.05, 3.63) is 30.1 Å². The normalized spacial score (nSPS) is 15.6. The van der Waals surface area contributed by atoms with Crippen molar-refractivity contribution in [1.29, 1.82) is 0 Å². The van der Waals surface area contributed by atoms with Crippen LogP contribution in [0.2, 0.25) is 0 Å². The van der Waals surface area contributed by atoms with Crippen molar-refractivity contribution in [2.45, 2.75) is 19.1 Å². The SMILES string of the molecule is CC(N)C(O)c1c[nH]c2ncccc12. The number of aromatic nitrogens is 2. The number of nitrogens with one attached hydrogen (secondary N) is 1. The lowest BCUT2D eigenvalue weighted by molar-refractivity contribution is 0.155. The summed E-state index contributed by atoms with van der Waals surface area (Å²) in [6.07, 6.45) is 2.82. The number of hydrogen-bond donors (Lipinski definition) is 3. The fourth-order valence-electron chi connectivity index (χ4n) is 1.51. The van der Waals surface area contributed by atoms with Crippen LogP contribution in [0.3, 0.4) is 0 Å². The molecular formula is C10H13N3O. The number of nitrogens with zero attached hydrogens (tertiary/aromatic N) is 1. The van der Waals surface area contributed by atoms with E-state index in [1.807, 2.05) is 12.1 Å². The summed E-state index contributed by atoms with van der Waals surface area (Å²) >= 11 is 0. The van der Waals surface area contributed by atoms with Gasteiger partial charge in [-0.1, -0.05) is 0 Å². The molecule has 2 aromatic rings. The molecule has 4 nitrogen and oxygen atoms in total. The molecule has 0 saturated carbocycles. The first kappa shape index (κ1) is 9.18. The van der Waals surface area contributed by atoms with E-state index >= 15 is 0 Å². The molecule has 14 heavy (non-hydrogen) atoms. The number of rotatable bonds is 2. The van der Waals surface area contributed by atoms with Gasteiger partial charge >= 0.3 is 0 Å². The molecule has 0 aromatic carbocycles. The molecule has 0 aliphatic rings. The lowest BCUT2D eigenvalue weighted by atomic mass is 10.0. The first-order valence-electron chi connectivity index (χ1n) is 4.56. The zero-order chi connectivity index (χ0) is 10.1. The first-order valence-corrected chi connectivity index (χ1v) is 4.56. The van der Waals surface area contributed by atoms with Gasteiger partial charge in [0, 0.05) is 29.4 Å². The Hall–Kier alpha value is -1.39. The van der Waals surface area contributed by atoms with Gasteiger partial charge in [0.15, 0.2) is 0 Å². The fraction of sp³-hybridized carbons (Fsp3) is 0.300. The predicted octanol–water partition coefficient (Wildman–Crippen LogP) is 0.944. The van der Waals surface area contributed by atoms with Crippen LogP contribution in [-0.2, 0) is 0 Å². The minimum absolute atomic E-state index is 0.283. The van der Waals surface area contributed by atoms with Crippen LogP contribution in [0.4, 0.5) is 0 Å². The van der Waals surface area contributed by atoms with Crippen LogP contribution in [0.15, 0.2) is 24.5 Å². The second-order valence-corrected chi connectivity index (χ2v) is 3.45. The van der Waals surface area contributed by atoms with Crippen LogP contribution in [-0.4, -0.2) is 21.1 Å². The third-order valence-electron chi connectivity index (χ3n) is 2.30. The van der Waals surface area contributed by atoms with Crippen molar-refractivity contribution >= 4 is 11.0 Å². The second-order valence-electron chi connectivity index (χ2n) is 3.45.